The fraction of sp³-hybridized carbons (Fsp3) is 0.455. The van der Waals surface area contributed by atoms with Crippen LogP contribution in [0.25, 0.3) is 0 Å². The highest BCUT2D eigenvalue weighted by atomic mass is 35.5. The summed E-state index contributed by atoms with van der Waals surface area (Å²) in [7, 11) is 1.63. The zero-order chi connectivity index (χ0) is 18.6. The number of nitrogens with zero attached hydrogens (tertiary/aromatic N) is 1. The van der Waals surface area contributed by atoms with Crippen molar-refractivity contribution < 1.29 is 13.9 Å². The Morgan fingerprint density at radius 2 is 1.83 bits per heavy atom. The Balaban J connectivity index is 0.00000150. The van der Waals surface area contributed by atoms with Gasteiger partial charge < -0.3 is 19.7 Å². The predicted molar refractivity (Wildman–Crippen MR) is 118 cm³/mol. The van der Waals surface area contributed by atoms with E-state index in [1.807, 2.05) is 24.3 Å². The summed E-state index contributed by atoms with van der Waals surface area (Å²) >= 11 is 0. The lowest BCUT2D eigenvalue weighted by molar-refractivity contribution is 0.0720. The average Bonchev–Trinajstić information content (AvgIpc) is 2.73. The maximum atomic E-state index is 13.8. The van der Waals surface area contributed by atoms with Crippen LogP contribution in [0.15, 0.2) is 42.5 Å². The molecule has 1 unspecified atom stereocenters. The number of rotatable bonds is 7. The number of benzene rings is 2. The van der Waals surface area contributed by atoms with E-state index in [9.17, 15) is 4.39 Å². The van der Waals surface area contributed by atoms with Gasteiger partial charge in [0.15, 0.2) is 11.5 Å². The van der Waals surface area contributed by atoms with Crippen LogP contribution in [0.4, 0.5) is 4.39 Å². The summed E-state index contributed by atoms with van der Waals surface area (Å²) in [6, 6.07) is 13.2. The first kappa shape index (κ1) is 23.7. The van der Waals surface area contributed by atoms with Crippen molar-refractivity contribution in [3.63, 3.8) is 0 Å². The third-order valence-corrected chi connectivity index (χ3v) is 5.79. The molecule has 0 amide bonds. The van der Waals surface area contributed by atoms with Gasteiger partial charge in [0.2, 0.25) is 0 Å². The number of halogens is 3. The molecular weight excluding hydrogens is 414 g/mol. The summed E-state index contributed by atoms with van der Waals surface area (Å²) in [5.74, 6) is 1.86. The molecule has 0 spiro atoms. The second kappa shape index (κ2) is 11.0. The van der Waals surface area contributed by atoms with Crippen LogP contribution < -0.4 is 14.8 Å². The Morgan fingerprint density at radius 3 is 2.48 bits per heavy atom. The van der Waals surface area contributed by atoms with Crippen molar-refractivity contribution in [2.45, 2.75) is 32.0 Å². The van der Waals surface area contributed by atoms with Crippen molar-refractivity contribution in [3.05, 3.63) is 59.4 Å². The molecule has 1 N–H and O–H groups in total. The number of methoxy groups -OCH3 is 1. The minimum atomic E-state index is -0.255. The smallest absolute Gasteiger partial charge is 0.161 e. The molecule has 3 fully saturated rings. The second-order valence-corrected chi connectivity index (χ2v) is 7.49. The Kier molecular flexibility index (Phi) is 9.03. The lowest BCUT2D eigenvalue weighted by atomic mass is 9.84. The molecular formula is C22H29Cl2FN2O2. The Morgan fingerprint density at radius 1 is 1.07 bits per heavy atom. The molecule has 160 valence electrons. The molecule has 3 saturated heterocycles. The van der Waals surface area contributed by atoms with E-state index in [4.69, 9.17) is 9.47 Å². The molecule has 0 aliphatic carbocycles. The number of fused-ring (bicyclic) bond motifs is 3. The summed E-state index contributed by atoms with van der Waals surface area (Å²) in [6.45, 7) is 4.67. The number of hydrogen-bond acceptors (Lipinski definition) is 4. The van der Waals surface area contributed by atoms with Crippen molar-refractivity contribution in [1.29, 1.82) is 0 Å². The van der Waals surface area contributed by atoms with Gasteiger partial charge in [0, 0.05) is 24.7 Å². The van der Waals surface area contributed by atoms with Gasteiger partial charge in [-0.15, -0.1) is 24.8 Å². The van der Waals surface area contributed by atoms with Crippen molar-refractivity contribution >= 4 is 24.8 Å². The van der Waals surface area contributed by atoms with E-state index in [1.54, 1.807) is 19.2 Å². The van der Waals surface area contributed by atoms with Gasteiger partial charge in [-0.25, -0.2) is 4.39 Å². The number of ether oxygens (including phenoxy) is 2. The molecule has 2 bridgehead atoms. The van der Waals surface area contributed by atoms with Gasteiger partial charge in [-0.05, 0) is 55.6 Å². The zero-order valence-corrected chi connectivity index (χ0v) is 18.2. The number of hydrogen-bond donors (Lipinski definition) is 1. The van der Waals surface area contributed by atoms with Crippen molar-refractivity contribution in [2.24, 2.45) is 5.92 Å². The second-order valence-electron chi connectivity index (χ2n) is 7.49. The normalized spacial score (nSPS) is 22.3. The molecule has 1 atom stereocenters. The molecule has 0 radical (unpaired) electrons. The molecule has 29 heavy (non-hydrogen) atoms. The third kappa shape index (κ3) is 5.76. The van der Waals surface area contributed by atoms with Crippen LogP contribution in [0.2, 0.25) is 0 Å². The van der Waals surface area contributed by atoms with Gasteiger partial charge in [0.05, 0.1) is 7.11 Å². The third-order valence-electron chi connectivity index (χ3n) is 5.79. The lowest BCUT2D eigenvalue weighted by Gasteiger charge is -2.45. The Bertz CT molecular complexity index is 785. The van der Waals surface area contributed by atoms with Crippen molar-refractivity contribution in [1.82, 2.24) is 10.2 Å². The van der Waals surface area contributed by atoms with Crippen LogP contribution >= 0.6 is 24.8 Å². The topological polar surface area (TPSA) is 33.7 Å². The highest BCUT2D eigenvalue weighted by Crippen LogP contribution is 2.30. The quantitative estimate of drug-likeness (QED) is 0.686. The molecule has 4 nitrogen and oxygen atoms in total. The maximum absolute atomic E-state index is 13.8. The summed E-state index contributed by atoms with van der Waals surface area (Å²) in [6.07, 6.45) is 2.62. The van der Waals surface area contributed by atoms with Crippen LogP contribution in [0.1, 0.15) is 24.0 Å². The Hall–Kier alpha value is -1.53. The molecule has 2 aromatic rings. The van der Waals surface area contributed by atoms with Crippen LogP contribution in [-0.4, -0.2) is 37.7 Å². The van der Waals surface area contributed by atoms with E-state index in [0.29, 0.717) is 23.1 Å². The standard InChI is InChI=1S/C22H27FN2O2.2ClH/c1-26-22-12-16(13-24-20-14-25-10-8-17(20)9-11-25)6-7-21(22)27-15-18-4-2-3-5-19(18)23;;/h2-7,12,17,20,24H,8-11,13-15H2,1H3;2*1H. The monoisotopic (exact) mass is 442 g/mol. The highest BCUT2D eigenvalue weighted by molar-refractivity contribution is 5.85. The predicted octanol–water partition coefficient (Wildman–Crippen LogP) is 4.44. The first-order valence-corrected chi connectivity index (χ1v) is 9.72. The van der Waals surface area contributed by atoms with E-state index >= 15 is 0 Å². The minimum absolute atomic E-state index is 0. The summed E-state index contributed by atoms with van der Waals surface area (Å²) < 4.78 is 25.0. The molecule has 3 heterocycles. The SMILES string of the molecule is COc1cc(CNC2CN3CCC2CC3)ccc1OCc1ccccc1F.Cl.Cl. The van der Waals surface area contributed by atoms with Gasteiger partial charge in [-0.3, -0.25) is 0 Å². The van der Waals surface area contributed by atoms with Gasteiger partial charge in [-0.1, -0.05) is 24.3 Å². The molecule has 0 saturated carbocycles. The van der Waals surface area contributed by atoms with Gasteiger partial charge in [-0.2, -0.15) is 0 Å². The fourth-order valence-corrected chi connectivity index (χ4v) is 4.16. The van der Waals surface area contributed by atoms with Gasteiger partial charge >= 0.3 is 0 Å². The first-order valence-electron chi connectivity index (χ1n) is 9.72. The first-order chi connectivity index (χ1) is 13.2. The molecule has 5 rings (SSSR count). The maximum Gasteiger partial charge on any atom is 0.161 e. The summed E-state index contributed by atoms with van der Waals surface area (Å²) in [5.41, 5.74) is 1.70. The van der Waals surface area contributed by atoms with Crippen molar-refractivity contribution in [2.75, 3.05) is 26.7 Å². The summed E-state index contributed by atoms with van der Waals surface area (Å²) in [4.78, 5) is 2.55. The molecule has 7 heteroatoms. The lowest BCUT2D eigenvalue weighted by Crippen LogP contribution is -2.55. The molecule has 3 aliphatic rings. The molecule has 2 aromatic carbocycles. The van der Waals surface area contributed by atoms with E-state index in [2.05, 4.69) is 10.2 Å². The van der Waals surface area contributed by atoms with Crippen molar-refractivity contribution in [3.8, 4) is 11.5 Å². The van der Waals surface area contributed by atoms with Crippen LogP contribution in [0.3, 0.4) is 0 Å². The molecule has 3 aliphatic heterocycles. The van der Waals surface area contributed by atoms with E-state index < -0.39 is 0 Å². The zero-order valence-electron chi connectivity index (χ0n) is 16.6. The van der Waals surface area contributed by atoms with E-state index in [0.717, 1.165) is 19.0 Å². The van der Waals surface area contributed by atoms with Crippen LogP contribution in [-0.2, 0) is 13.2 Å². The van der Waals surface area contributed by atoms with E-state index in [1.165, 1.54) is 37.6 Å². The summed E-state index contributed by atoms with van der Waals surface area (Å²) in [5, 5.41) is 3.72. The fourth-order valence-electron chi connectivity index (χ4n) is 4.16. The number of piperidine rings is 3. The van der Waals surface area contributed by atoms with Crippen LogP contribution in [0, 0.1) is 11.7 Å². The van der Waals surface area contributed by atoms with Gasteiger partial charge in [0.1, 0.15) is 12.4 Å². The minimum Gasteiger partial charge on any atom is -0.493 e. The Labute approximate surface area is 184 Å². The number of nitrogens with one attached hydrogen (secondary N) is 1. The molecule has 0 aromatic heterocycles. The van der Waals surface area contributed by atoms with Crippen LogP contribution in [0.5, 0.6) is 11.5 Å². The average molecular weight is 443 g/mol. The van der Waals surface area contributed by atoms with E-state index in [-0.39, 0.29) is 37.2 Å². The largest absolute Gasteiger partial charge is 0.493 e. The highest BCUT2D eigenvalue weighted by Gasteiger charge is 2.33. The van der Waals surface area contributed by atoms with Gasteiger partial charge in [0.25, 0.3) is 0 Å².